The van der Waals surface area contributed by atoms with Crippen LogP contribution in [0.15, 0.2) is 95.4 Å². The zero-order valence-electron chi connectivity index (χ0n) is 39.4. The highest BCUT2D eigenvalue weighted by atomic mass is 36.0. The minimum absolute atomic E-state index is 0. The van der Waals surface area contributed by atoms with Gasteiger partial charge in [-0.1, -0.05) is 75.0 Å². The maximum atomic E-state index is 11.8. The van der Waals surface area contributed by atoms with E-state index in [-0.39, 0.29) is 34.3 Å². The lowest BCUT2D eigenvalue weighted by atomic mass is 10.1. The Kier molecular flexibility index (Phi) is 81.4. The van der Waals surface area contributed by atoms with E-state index in [1.54, 1.807) is 0 Å². The van der Waals surface area contributed by atoms with Crippen molar-refractivity contribution in [3.05, 3.63) is 107 Å². The number of hydrogen-bond donors (Lipinski definition) is 0. The maximum absolute atomic E-state index is 11.8. The molecule has 1 rings (SSSR count). The fourth-order valence-corrected chi connectivity index (χ4v) is 8.76. The van der Waals surface area contributed by atoms with Gasteiger partial charge < -0.3 is 0 Å². The van der Waals surface area contributed by atoms with E-state index in [0.29, 0.717) is 16.7 Å². The van der Waals surface area contributed by atoms with E-state index >= 15 is 0 Å². The molecular formula is C52H39Cl4F12NP6. The van der Waals surface area contributed by atoms with E-state index in [1.165, 1.54) is 34.9 Å². The Morgan fingerprint density at radius 3 is 1.12 bits per heavy atom. The number of rotatable bonds is 9. The summed E-state index contributed by atoms with van der Waals surface area (Å²) in [5.41, 5.74) is 29.3. The Morgan fingerprint density at radius 1 is 0.547 bits per heavy atom. The first-order valence-corrected chi connectivity index (χ1v) is 28.6. The van der Waals surface area contributed by atoms with Crippen LogP contribution in [0.25, 0.3) is 0 Å². The summed E-state index contributed by atoms with van der Waals surface area (Å²) in [5.74, 6) is 36.0. The van der Waals surface area contributed by atoms with Crippen molar-refractivity contribution in [1.82, 2.24) is 4.67 Å². The molecule has 1 nitrogen and oxygen atoms in total. The van der Waals surface area contributed by atoms with Crippen molar-refractivity contribution < 1.29 is 53.9 Å². The summed E-state index contributed by atoms with van der Waals surface area (Å²) in [6, 6.07) is 8.60. The van der Waals surface area contributed by atoms with Crippen LogP contribution in [-0.4, -0.2) is 34.9 Å². The molecule has 1 aromatic carbocycles. The summed E-state index contributed by atoms with van der Waals surface area (Å²) >= 11 is 20.2. The van der Waals surface area contributed by atoms with Gasteiger partial charge in [0.1, 0.15) is 24.7 Å². The summed E-state index contributed by atoms with van der Waals surface area (Å²) in [7, 11) is -0.963. The second kappa shape index (κ2) is 68.5. The van der Waals surface area contributed by atoms with Gasteiger partial charge in [-0.05, 0) is 181 Å². The van der Waals surface area contributed by atoms with Crippen molar-refractivity contribution >= 4 is 93.3 Å². The van der Waals surface area contributed by atoms with Crippen molar-refractivity contribution in [3.8, 4) is 142 Å². The fourth-order valence-electron chi connectivity index (χ4n) is 3.11. The molecule has 3 atom stereocenters. The van der Waals surface area contributed by atoms with Gasteiger partial charge in [0, 0.05) is 70.9 Å². The Bertz CT molecular complexity index is 2820. The SMILES string of the molecule is C=C=C=C=C=C(F)F.C=C=C=C=C=C(F)F.Cc1ccc(CN(PCCP(C#CC#CC#CF)C#CC#CC#CF)C(C)(C)C)cc1.ClP(Cl)Cl.F.F.F.F.FC#CC#CC#CP(C#CC#CC#CF)CCPCl.P. The van der Waals surface area contributed by atoms with Crippen LogP contribution < -0.4 is 0 Å². The van der Waals surface area contributed by atoms with Crippen molar-refractivity contribution in [2.75, 3.05) is 24.6 Å². The van der Waals surface area contributed by atoms with E-state index in [0.717, 1.165) is 43.5 Å². The number of nitrogens with zero attached hydrogens (tertiary/aromatic N) is 1. The van der Waals surface area contributed by atoms with Gasteiger partial charge in [-0.3, -0.25) is 23.5 Å². The first-order valence-electron chi connectivity index (χ1n) is 18.1. The molecule has 23 heteroatoms. The van der Waals surface area contributed by atoms with Crippen LogP contribution in [0.5, 0.6) is 0 Å². The summed E-state index contributed by atoms with van der Waals surface area (Å²) in [6.07, 6.45) is 4.14. The molecule has 0 fully saturated rings. The molecule has 75 heavy (non-hydrogen) atoms. The summed E-state index contributed by atoms with van der Waals surface area (Å²) in [4.78, 5) is 0. The first kappa shape index (κ1) is 89.1. The van der Waals surface area contributed by atoms with Gasteiger partial charge in [0.05, 0.1) is 15.8 Å². The maximum Gasteiger partial charge on any atom is 0.321 e. The van der Waals surface area contributed by atoms with Gasteiger partial charge in [0.2, 0.25) is 0 Å². The smallest absolute Gasteiger partial charge is 0.275 e. The Labute approximate surface area is 462 Å². The van der Waals surface area contributed by atoms with Crippen molar-refractivity contribution in [2.24, 2.45) is 0 Å². The first-order chi connectivity index (χ1) is 33.5. The number of aryl methyl sites for hydroxylation is 1. The van der Waals surface area contributed by atoms with Gasteiger partial charge in [-0.25, -0.2) is 0 Å². The molecular weight excluding hydrogens is 1190 g/mol. The Hall–Kier alpha value is -5.48. The molecule has 0 aromatic heterocycles. The highest BCUT2D eigenvalue weighted by molar-refractivity contribution is 8.20. The third-order valence-electron chi connectivity index (χ3n) is 5.66. The lowest BCUT2D eigenvalue weighted by molar-refractivity contribution is 0.261. The van der Waals surface area contributed by atoms with Gasteiger partial charge >= 0.3 is 12.2 Å². The highest BCUT2D eigenvalue weighted by Crippen LogP contribution is 2.51. The average Bonchev–Trinajstić information content (AvgIpc) is 3.30. The number of hydrogen-bond acceptors (Lipinski definition) is 1. The molecule has 0 aliphatic carbocycles. The monoisotopic (exact) mass is 1230 g/mol. The minimum atomic E-state index is -1.92. The second-order valence-electron chi connectivity index (χ2n) is 11.5. The summed E-state index contributed by atoms with van der Waals surface area (Å²) in [5, 5.41) is 0. The zero-order valence-corrected chi connectivity index (χ0v) is 48.5. The molecule has 0 bridgehead atoms. The van der Waals surface area contributed by atoms with E-state index in [1.807, 2.05) is 35.1 Å². The van der Waals surface area contributed by atoms with Crippen LogP contribution in [-0.2, 0) is 6.54 Å². The predicted molar refractivity (Wildman–Crippen MR) is 306 cm³/mol. The van der Waals surface area contributed by atoms with Crippen LogP contribution in [0.3, 0.4) is 0 Å². The van der Waals surface area contributed by atoms with Gasteiger partial charge in [0.15, 0.2) is 5.98 Å². The highest BCUT2D eigenvalue weighted by Gasteiger charge is 2.21. The normalized spacial score (nSPS) is 7.31. The molecule has 1 aromatic rings. The second-order valence-corrected chi connectivity index (χ2v) is 22.9. The lowest BCUT2D eigenvalue weighted by Crippen LogP contribution is -2.34. The van der Waals surface area contributed by atoms with Crippen molar-refractivity contribution in [2.45, 2.75) is 39.8 Å². The van der Waals surface area contributed by atoms with E-state index in [4.69, 9.17) is 45.0 Å². The number of halogens is 16. The van der Waals surface area contributed by atoms with Crippen LogP contribution in [0.4, 0.5) is 53.9 Å². The minimum Gasteiger partial charge on any atom is -0.275 e. The number of benzene rings is 1. The molecule has 0 heterocycles. The van der Waals surface area contributed by atoms with Crippen molar-refractivity contribution in [3.63, 3.8) is 0 Å². The van der Waals surface area contributed by atoms with Crippen LogP contribution in [0.2, 0.25) is 0 Å². The zero-order chi connectivity index (χ0) is 53.5. The fraction of sp³-hybridized carbons (Fsp3) is 0.192. The molecule has 0 saturated heterocycles. The molecule has 0 saturated carbocycles. The van der Waals surface area contributed by atoms with E-state index in [2.05, 4.69) is 186 Å². The molecule has 0 N–H and O–H groups in total. The third-order valence-corrected chi connectivity index (χ3v) is 12.1. The Balaban J connectivity index is -0.000000120. The lowest BCUT2D eigenvalue weighted by Gasteiger charge is -2.35. The largest absolute Gasteiger partial charge is 0.321 e. The molecule has 0 radical (unpaired) electrons. The van der Waals surface area contributed by atoms with Crippen LogP contribution >= 0.6 is 93.3 Å². The van der Waals surface area contributed by atoms with Gasteiger partial charge in [0.25, 0.3) is 0 Å². The molecule has 3 unspecified atom stereocenters. The van der Waals surface area contributed by atoms with Crippen LogP contribution in [0, 0.1) is 149 Å². The molecule has 0 aliphatic heterocycles. The van der Waals surface area contributed by atoms with Gasteiger partial charge in [-0.15, -0.1) is 28.8 Å². The Morgan fingerprint density at radius 2 is 0.853 bits per heavy atom. The third kappa shape index (κ3) is 77.6. The van der Waals surface area contributed by atoms with E-state index < -0.39 is 34.0 Å². The summed E-state index contributed by atoms with van der Waals surface area (Å²) < 4.78 is 92.9. The molecule has 0 aliphatic rings. The van der Waals surface area contributed by atoms with Crippen molar-refractivity contribution in [1.29, 1.82) is 0 Å². The van der Waals surface area contributed by atoms with Gasteiger partial charge in [-0.2, -0.15) is 27.5 Å². The topological polar surface area (TPSA) is 3.24 Å². The van der Waals surface area contributed by atoms with E-state index in [9.17, 15) is 35.1 Å². The quantitative estimate of drug-likeness (QED) is 0.103. The molecule has 0 spiro atoms. The van der Waals surface area contributed by atoms with Crippen LogP contribution in [0.1, 0.15) is 31.9 Å². The summed E-state index contributed by atoms with van der Waals surface area (Å²) in [6.45, 7) is 15.7. The average molecular weight is 1230 g/mol. The molecule has 394 valence electrons. The standard InChI is InChI=1S/C26H23F2NP2.C14H5ClF2P2.2C6H2F2.Cl3P.4FH.H3P/c1-24-13-15-25(16-14-24)23-29(26(2,3)4)30-19-22-31(20-11-7-5-9-17-27)21-12-8-6-10-18-28;15-18-11-14-19(12-7-3-1-5-9-16)13-8-4-2-6-10-17;2*1-2-3-4-5-6(7)8;1-4(2)3;;;;;/h13-16,30H,19,22-23H2,1-4H3;18H,11,14H2;2*1H2;;4*1H;1H3. The predicted octanol–water partition coefficient (Wildman–Crippen LogP) is 16.2. The molecule has 0 amide bonds.